The molecule has 0 saturated carbocycles. The molecule has 8 aromatic rings. The van der Waals surface area contributed by atoms with Crippen LogP contribution in [0.25, 0.3) is 43.3 Å². The Labute approximate surface area is 340 Å². The maximum absolute atomic E-state index is 12.4. The highest BCUT2D eigenvalue weighted by atomic mass is 32.1. The Balaban J connectivity index is 0.000000173. The van der Waals surface area contributed by atoms with Crippen molar-refractivity contribution in [3.8, 4) is 21.4 Å². The van der Waals surface area contributed by atoms with Gasteiger partial charge in [-0.15, -0.1) is 22.7 Å². The van der Waals surface area contributed by atoms with E-state index in [-0.39, 0.29) is 22.4 Å². The minimum atomic E-state index is -0.533. The summed E-state index contributed by atoms with van der Waals surface area (Å²) < 4.78 is 19.7. The van der Waals surface area contributed by atoms with Crippen molar-refractivity contribution in [2.24, 2.45) is 0 Å². The molecule has 0 radical (unpaired) electrons. The van der Waals surface area contributed by atoms with E-state index in [1.54, 1.807) is 61.0 Å². The summed E-state index contributed by atoms with van der Waals surface area (Å²) in [5.41, 5.74) is 2.14. The zero-order valence-electron chi connectivity index (χ0n) is 31.2. The van der Waals surface area contributed by atoms with Crippen molar-refractivity contribution in [2.75, 3.05) is 24.7 Å². The standard InChI is InChI=1S/2C18H13N3O3S2.C3H7NO/c2*1-9-3-5-13-11(7-9)12(22)8-14(24-13)17(23)20-18-19-16(21-26-18)15-6-4-10(2)25-15;1-4(2)3-5/h2*3-8H,1-2H3,(H,19,20,21,23);3H,1-2H3. The number of amides is 3. The van der Waals surface area contributed by atoms with Gasteiger partial charge < -0.3 is 13.7 Å². The second-order valence-electron chi connectivity index (χ2n) is 12.6. The largest absolute Gasteiger partial charge is 0.451 e. The lowest BCUT2D eigenvalue weighted by Crippen LogP contribution is -2.14. The van der Waals surface area contributed by atoms with E-state index in [1.165, 1.54) is 17.0 Å². The Morgan fingerprint density at radius 2 is 1.04 bits per heavy atom. The molecule has 0 aliphatic rings. The molecule has 0 unspecified atom stereocenters. The van der Waals surface area contributed by atoms with Gasteiger partial charge in [0.1, 0.15) is 11.2 Å². The van der Waals surface area contributed by atoms with Gasteiger partial charge in [-0.05, 0) is 76.2 Å². The lowest BCUT2D eigenvalue weighted by Gasteiger charge is -2.03. The number of hydrogen-bond acceptors (Lipinski definition) is 15. The molecule has 2 N–H and O–H groups in total. The summed E-state index contributed by atoms with van der Waals surface area (Å²) in [7, 11) is 3.38. The van der Waals surface area contributed by atoms with Gasteiger partial charge in [0.2, 0.25) is 16.7 Å². The molecule has 0 aliphatic carbocycles. The fraction of sp³-hybridized carbons (Fsp3) is 0.154. The number of rotatable bonds is 7. The van der Waals surface area contributed by atoms with Crippen molar-refractivity contribution >= 4 is 96.2 Å². The second kappa shape index (κ2) is 17.7. The molecule has 14 nitrogen and oxygen atoms in total. The van der Waals surface area contributed by atoms with E-state index in [4.69, 9.17) is 8.83 Å². The molecule has 0 fully saturated rings. The Kier molecular flexibility index (Phi) is 12.6. The van der Waals surface area contributed by atoms with E-state index in [1.807, 2.05) is 64.1 Å². The third-order valence-corrected chi connectivity index (χ3v) is 10.9. The highest BCUT2D eigenvalue weighted by Gasteiger charge is 2.18. The van der Waals surface area contributed by atoms with Crippen LogP contribution in [-0.2, 0) is 4.79 Å². The fourth-order valence-electron chi connectivity index (χ4n) is 4.94. The van der Waals surface area contributed by atoms with Gasteiger partial charge in [-0.3, -0.25) is 34.6 Å². The van der Waals surface area contributed by atoms with Crippen molar-refractivity contribution in [1.82, 2.24) is 23.6 Å². The molecule has 18 heteroatoms. The van der Waals surface area contributed by atoms with Crippen LogP contribution in [0.3, 0.4) is 0 Å². The molecule has 6 aromatic heterocycles. The highest BCUT2D eigenvalue weighted by Crippen LogP contribution is 2.29. The first-order chi connectivity index (χ1) is 27.3. The van der Waals surface area contributed by atoms with Crippen molar-refractivity contribution in [2.45, 2.75) is 27.7 Å². The summed E-state index contributed by atoms with van der Waals surface area (Å²) in [6, 6.07) is 20.8. The van der Waals surface area contributed by atoms with E-state index < -0.39 is 11.8 Å². The minimum absolute atomic E-state index is 0.0601. The summed E-state index contributed by atoms with van der Waals surface area (Å²) in [5, 5.41) is 6.88. The normalized spacial score (nSPS) is 10.6. The van der Waals surface area contributed by atoms with Crippen LogP contribution < -0.4 is 21.5 Å². The van der Waals surface area contributed by atoms with Gasteiger partial charge in [-0.2, -0.15) is 18.7 Å². The van der Waals surface area contributed by atoms with Gasteiger partial charge in [-0.1, -0.05) is 23.3 Å². The number of fused-ring (bicyclic) bond motifs is 2. The summed E-state index contributed by atoms with van der Waals surface area (Å²) >= 11 is 5.33. The van der Waals surface area contributed by atoms with Crippen molar-refractivity contribution < 1.29 is 23.2 Å². The molecule has 290 valence electrons. The van der Waals surface area contributed by atoms with Crippen molar-refractivity contribution in [3.05, 3.63) is 126 Å². The summed E-state index contributed by atoms with van der Waals surface area (Å²) in [5.74, 6) is -0.0490. The first kappa shape index (κ1) is 40.5. The number of thiophene rings is 2. The third-order valence-electron chi connectivity index (χ3n) is 7.64. The van der Waals surface area contributed by atoms with Crippen LogP contribution in [0.1, 0.15) is 42.0 Å². The molecule has 6 heterocycles. The Morgan fingerprint density at radius 3 is 1.39 bits per heavy atom. The van der Waals surface area contributed by atoms with Crippen LogP contribution in [0.5, 0.6) is 0 Å². The van der Waals surface area contributed by atoms with Gasteiger partial charge in [0, 0.05) is 59.0 Å². The van der Waals surface area contributed by atoms with Gasteiger partial charge in [-0.25, -0.2) is 0 Å². The van der Waals surface area contributed by atoms with E-state index in [2.05, 4.69) is 29.3 Å². The third kappa shape index (κ3) is 10.2. The minimum Gasteiger partial charge on any atom is -0.451 e. The number of carbonyl (C=O) groups is 3. The van der Waals surface area contributed by atoms with Crippen molar-refractivity contribution in [3.63, 3.8) is 0 Å². The maximum atomic E-state index is 12.4. The fourth-order valence-corrected chi connectivity index (χ4v) is 7.81. The molecule has 0 aliphatic heterocycles. The smallest absolute Gasteiger partial charge is 0.293 e. The highest BCUT2D eigenvalue weighted by molar-refractivity contribution is 7.16. The summed E-state index contributed by atoms with van der Waals surface area (Å²) in [6.07, 6.45) is 0.750. The maximum Gasteiger partial charge on any atom is 0.293 e. The topological polar surface area (TPSA) is 190 Å². The lowest BCUT2D eigenvalue weighted by atomic mass is 10.1. The van der Waals surface area contributed by atoms with Crippen LogP contribution in [0.2, 0.25) is 0 Å². The summed E-state index contributed by atoms with van der Waals surface area (Å²) in [4.78, 5) is 73.0. The number of carbonyl (C=O) groups excluding carboxylic acids is 3. The molecule has 8 rings (SSSR count). The number of hydrogen-bond donors (Lipinski definition) is 2. The number of nitrogens with one attached hydrogen (secondary N) is 2. The number of aryl methyl sites for hydroxylation is 4. The number of nitrogens with zero attached hydrogens (tertiary/aromatic N) is 5. The van der Waals surface area contributed by atoms with Crippen LogP contribution in [0.15, 0.2) is 91.2 Å². The molecule has 0 atom stereocenters. The number of aromatic nitrogens is 4. The predicted molar refractivity (Wildman–Crippen MR) is 226 cm³/mol. The zero-order valence-corrected chi connectivity index (χ0v) is 34.5. The molecular weight excluding hydrogens is 807 g/mol. The second-order valence-corrected chi connectivity index (χ2v) is 16.7. The molecule has 3 amide bonds. The monoisotopic (exact) mass is 839 g/mol. The van der Waals surface area contributed by atoms with Gasteiger partial charge >= 0.3 is 0 Å². The number of anilines is 2. The molecular formula is C39H33N7O7S4. The van der Waals surface area contributed by atoms with Crippen LogP contribution in [0, 0.1) is 27.7 Å². The average Bonchev–Trinajstić information content (AvgIpc) is 4.01. The Bertz CT molecular complexity index is 2680. The van der Waals surface area contributed by atoms with E-state index in [0.29, 0.717) is 43.9 Å². The van der Waals surface area contributed by atoms with Gasteiger partial charge in [0.05, 0.1) is 20.5 Å². The molecule has 0 saturated heterocycles. The summed E-state index contributed by atoms with van der Waals surface area (Å²) in [6.45, 7) is 7.79. The van der Waals surface area contributed by atoms with Crippen molar-refractivity contribution in [1.29, 1.82) is 0 Å². The zero-order chi connectivity index (χ0) is 40.8. The van der Waals surface area contributed by atoms with Gasteiger partial charge in [0.25, 0.3) is 11.8 Å². The number of benzene rings is 2. The van der Waals surface area contributed by atoms with Crippen LogP contribution in [-0.4, -0.2) is 55.9 Å². The van der Waals surface area contributed by atoms with E-state index >= 15 is 0 Å². The van der Waals surface area contributed by atoms with E-state index in [0.717, 1.165) is 60.1 Å². The molecule has 2 aromatic carbocycles. The SMILES string of the molecule is CN(C)C=O.Cc1ccc2oc(C(=O)Nc3nc(-c4ccc(C)s4)ns3)cc(=O)c2c1.Cc1ccc2oc(C(=O)Nc3nc(-c4ccc(C)s4)ns3)cc(=O)c2c1. The Hall–Kier alpha value is -6.21. The lowest BCUT2D eigenvalue weighted by molar-refractivity contribution is -0.115. The van der Waals surface area contributed by atoms with Gasteiger partial charge in [0.15, 0.2) is 34.0 Å². The van der Waals surface area contributed by atoms with Crippen LogP contribution >= 0.6 is 45.7 Å². The quantitative estimate of drug-likeness (QED) is 0.147. The van der Waals surface area contributed by atoms with E-state index in [9.17, 15) is 24.0 Å². The Morgan fingerprint density at radius 1 is 0.632 bits per heavy atom. The molecule has 57 heavy (non-hydrogen) atoms. The average molecular weight is 840 g/mol. The van der Waals surface area contributed by atoms with Crippen LogP contribution in [0.4, 0.5) is 10.3 Å². The predicted octanol–water partition coefficient (Wildman–Crippen LogP) is 8.19. The first-order valence-corrected chi connectivity index (χ1v) is 20.1. The first-order valence-electron chi connectivity index (χ1n) is 16.9. The molecule has 0 bridgehead atoms. The molecule has 0 spiro atoms.